The lowest BCUT2D eigenvalue weighted by atomic mass is 10.3. The zero-order valence-electron chi connectivity index (χ0n) is 10.6. The molecule has 0 saturated carbocycles. The molecule has 1 aromatic rings. The molecule has 0 saturated heterocycles. The molecule has 0 radical (unpaired) electrons. The Balaban J connectivity index is 2.40. The van der Waals surface area contributed by atoms with Gasteiger partial charge in [0.1, 0.15) is 0 Å². The Morgan fingerprint density at radius 2 is 2.26 bits per heavy atom. The Bertz CT molecular complexity index is 436. The van der Waals surface area contributed by atoms with E-state index in [2.05, 4.69) is 10.3 Å². The highest BCUT2D eigenvalue weighted by Gasteiger charge is 2.13. The molecule has 0 spiro atoms. The molecule has 1 rings (SSSR count). The highest BCUT2D eigenvalue weighted by Crippen LogP contribution is 2.14. The average molecular weight is 268 g/mol. The number of carbonyl (C=O) groups is 2. The Kier molecular flexibility index (Phi) is 6.31. The molecule has 19 heavy (non-hydrogen) atoms. The first-order valence-electron chi connectivity index (χ1n) is 5.72. The fourth-order valence-corrected chi connectivity index (χ4v) is 1.31. The van der Waals surface area contributed by atoms with Crippen LogP contribution in [0.2, 0.25) is 0 Å². The van der Waals surface area contributed by atoms with Crippen LogP contribution in [0, 0.1) is 0 Å². The van der Waals surface area contributed by atoms with Crippen LogP contribution in [-0.2, 0) is 9.53 Å². The molecule has 1 amide bonds. The number of hydrogen-bond acceptors (Lipinski definition) is 5. The normalized spacial score (nSPS) is 9.95. The van der Waals surface area contributed by atoms with Gasteiger partial charge in [0, 0.05) is 26.5 Å². The topological polar surface area (TPSA) is 97.8 Å². The van der Waals surface area contributed by atoms with Crippen molar-refractivity contribution in [2.45, 2.75) is 6.42 Å². The smallest absolute Gasteiger partial charge is 0.358 e. The molecule has 104 valence electrons. The zero-order chi connectivity index (χ0) is 14.1. The van der Waals surface area contributed by atoms with E-state index in [9.17, 15) is 9.59 Å². The van der Waals surface area contributed by atoms with E-state index in [4.69, 9.17) is 14.6 Å². The van der Waals surface area contributed by atoms with Gasteiger partial charge in [-0.15, -0.1) is 0 Å². The molecule has 7 heteroatoms. The second kappa shape index (κ2) is 8.04. The summed E-state index contributed by atoms with van der Waals surface area (Å²) in [7, 11) is 1.58. The third kappa shape index (κ3) is 5.35. The van der Waals surface area contributed by atoms with E-state index in [1.165, 1.54) is 18.3 Å². The van der Waals surface area contributed by atoms with Crippen molar-refractivity contribution < 1.29 is 24.2 Å². The van der Waals surface area contributed by atoms with Gasteiger partial charge in [0.2, 0.25) is 0 Å². The van der Waals surface area contributed by atoms with Crippen LogP contribution in [-0.4, -0.2) is 48.8 Å². The number of aromatic nitrogens is 1. The van der Waals surface area contributed by atoms with E-state index >= 15 is 0 Å². The van der Waals surface area contributed by atoms with E-state index in [0.717, 1.165) is 0 Å². The largest absolute Gasteiger partial charge is 0.481 e. The van der Waals surface area contributed by atoms with Crippen molar-refractivity contribution in [1.82, 2.24) is 10.3 Å². The zero-order valence-corrected chi connectivity index (χ0v) is 10.6. The first-order valence-corrected chi connectivity index (χ1v) is 5.72. The van der Waals surface area contributed by atoms with Gasteiger partial charge in [-0.25, -0.2) is 9.78 Å². The number of carboxylic acid groups (broad SMARTS) is 1. The lowest BCUT2D eigenvalue weighted by molar-refractivity contribution is -0.123. The minimum absolute atomic E-state index is 0.0713. The first-order chi connectivity index (χ1) is 9.15. The maximum Gasteiger partial charge on any atom is 0.358 e. The van der Waals surface area contributed by atoms with Gasteiger partial charge in [-0.05, 0) is 18.6 Å². The summed E-state index contributed by atoms with van der Waals surface area (Å²) in [5, 5.41) is 11.5. The molecule has 2 N–H and O–H groups in total. The van der Waals surface area contributed by atoms with Crippen molar-refractivity contribution >= 4 is 11.9 Å². The van der Waals surface area contributed by atoms with E-state index in [1.54, 1.807) is 7.11 Å². The van der Waals surface area contributed by atoms with Crippen molar-refractivity contribution in [2.75, 3.05) is 26.9 Å². The minimum atomic E-state index is -1.20. The van der Waals surface area contributed by atoms with E-state index in [-0.39, 0.29) is 24.0 Å². The monoisotopic (exact) mass is 268 g/mol. The number of hydrogen-bond donors (Lipinski definition) is 2. The van der Waals surface area contributed by atoms with Gasteiger partial charge in [0.05, 0.1) is 0 Å². The third-order valence-corrected chi connectivity index (χ3v) is 2.18. The fourth-order valence-electron chi connectivity index (χ4n) is 1.31. The quantitative estimate of drug-likeness (QED) is 0.658. The molecule has 0 fully saturated rings. The highest BCUT2D eigenvalue weighted by molar-refractivity contribution is 5.88. The SMILES string of the molecule is COCCCNC(=O)COc1cccnc1C(=O)O. The molecule has 1 aromatic heterocycles. The lowest BCUT2D eigenvalue weighted by Gasteiger charge is -2.08. The number of ether oxygens (including phenoxy) is 2. The van der Waals surface area contributed by atoms with Crippen LogP contribution in [0.1, 0.15) is 16.9 Å². The Labute approximate surface area is 110 Å². The molecule has 0 unspecified atom stereocenters. The van der Waals surface area contributed by atoms with Crippen LogP contribution in [0.4, 0.5) is 0 Å². The molecule has 0 aromatic carbocycles. The van der Waals surface area contributed by atoms with Crippen LogP contribution in [0.25, 0.3) is 0 Å². The van der Waals surface area contributed by atoms with Gasteiger partial charge in [0.25, 0.3) is 5.91 Å². The average Bonchev–Trinajstić information content (AvgIpc) is 2.41. The summed E-state index contributed by atoms with van der Waals surface area (Å²) < 4.78 is 9.97. The maximum atomic E-state index is 11.4. The molecule has 0 atom stereocenters. The molecule has 1 heterocycles. The van der Waals surface area contributed by atoms with Crippen LogP contribution in [0.15, 0.2) is 18.3 Å². The Morgan fingerprint density at radius 1 is 1.47 bits per heavy atom. The van der Waals surface area contributed by atoms with Crippen molar-refractivity contribution in [2.24, 2.45) is 0 Å². The molecular weight excluding hydrogens is 252 g/mol. The summed E-state index contributed by atoms with van der Waals surface area (Å²) in [5.74, 6) is -1.45. The van der Waals surface area contributed by atoms with Crippen molar-refractivity contribution in [3.63, 3.8) is 0 Å². The fraction of sp³-hybridized carbons (Fsp3) is 0.417. The summed E-state index contributed by atoms with van der Waals surface area (Å²) in [6.07, 6.45) is 2.05. The number of pyridine rings is 1. The summed E-state index contributed by atoms with van der Waals surface area (Å²) in [4.78, 5) is 25.9. The van der Waals surface area contributed by atoms with Crippen molar-refractivity contribution in [3.8, 4) is 5.75 Å². The van der Waals surface area contributed by atoms with Gasteiger partial charge in [-0.2, -0.15) is 0 Å². The number of rotatable bonds is 8. The summed E-state index contributed by atoms with van der Waals surface area (Å²) in [6, 6.07) is 2.99. The number of nitrogens with one attached hydrogen (secondary N) is 1. The van der Waals surface area contributed by atoms with Crippen LogP contribution >= 0.6 is 0 Å². The number of carboxylic acids is 1. The predicted molar refractivity (Wildman–Crippen MR) is 66.2 cm³/mol. The number of amides is 1. The molecule has 0 aliphatic heterocycles. The van der Waals surface area contributed by atoms with Crippen molar-refractivity contribution in [1.29, 1.82) is 0 Å². The first kappa shape index (κ1) is 14.9. The predicted octanol–water partition coefficient (Wildman–Crippen LogP) is 0.311. The van der Waals surface area contributed by atoms with Crippen molar-refractivity contribution in [3.05, 3.63) is 24.0 Å². The summed E-state index contributed by atoms with van der Waals surface area (Å²) >= 11 is 0. The van der Waals surface area contributed by atoms with E-state index in [0.29, 0.717) is 19.6 Å². The number of carbonyl (C=O) groups excluding carboxylic acids is 1. The molecular formula is C12H16N2O5. The van der Waals surface area contributed by atoms with Crippen LogP contribution < -0.4 is 10.1 Å². The third-order valence-electron chi connectivity index (χ3n) is 2.18. The molecule has 0 aliphatic rings. The number of nitrogens with zero attached hydrogens (tertiary/aromatic N) is 1. The van der Waals surface area contributed by atoms with Gasteiger partial charge in [-0.1, -0.05) is 0 Å². The second-order valence-corrected chi connectivity index (χ2v) is 3.64. The highest BCUT2D eigenvalue weighted by atomic mass is 16.5. The number of aromatic carboxylic acids is 1. The van der Waals surface area contributed by atoms with E-state index < -0.39 is 5.97 Å². The Hall–Kier alpha value is -2.15. The van der Waals surface area contributed by atoms with Gasteiger partial charge in [-0.3, -0.25) is 4.79 Å². The second-order valence-electron chi connectivity index (χ2n) is 3.64. The standard InChI is InChI=1S/C12H16N2O5/c1-18-7-3-6-13-10(15)8-19-9-4-2-5-14-11(9)12(16)17/h2,4-5H,3,6-8H2,1H3,(H,13,15)(H,16,17). The molecule has 0 bridgehead atoms. The van der Waals surface area contributed by atoms with Gasteiger partial charge >= 0.3 is 5.97 Å². The van der Waals surface area contributed by atoms with Crippen LogP contribution in [0.5, 0.6) is 5.75 Å². The lowest BCUT2D eigenvalue weighted by Crippen LogP contribution is -2.30. The maximum absolute atomic E-state index is 11.4. The van der Waals surface area contributed by atoms with Gasteiger partial charge in [0.15, 0.2) is 18.1 Å². The van der Waals surface area contributed by atoms with Gasteiger partial charge < -0.3 is 19.9 Å². The van der Waals surface area contributed by atoms with Crippen LogP contribution in [0.3, 0.4) is 0 Å². The number of methoxy groups -OCH3 is 1. The summed E-state index contributed by atoms with van der Waals surface area (Å²) in [5.41, 5.74) is -0.213. The summed E-state index contributed by atoms with van der Waals surface area (Å²) in [6.45, 7) is 0.792. The molecule has 7 nitrogen and oxygen atoms in total. The Morgan fingerprint density at radius 3 is 2.95 bits per heavy atom. The van der Waals surface area contributed by atoms with E-state index in [1.807, 2.05) is 0 Å². The molecule has 0 aliphatic carbocycles. The minimum Gasteiger partial charge on any atom is -0.481 e.